The molecule has 1 aliphatic rings. The Labute approximate surface area is 163 Å². The second kappa shape index (κ2) is 10.3. The van der Waals surface area contributed by atoms with Crippen LogP contribution in [0, 0.1) is 5.92 Å². The minimum Gasteiger partial charge on any atom is -0.455 e. The molecular formula is C18H23Cl2NO3S. The van der Waals surface area contributed by atoms with Gasteiger partial charge in [0.2, 0.25) is 0 Å². The van der Waals surface area contributed by atoms with Gasteiger partial charge in [-0.3, -0.25) is 9.59 Å². The van der Waals surface area contributed by atoms with E-state index in [1.165, 1.54) is 18.2 Å². The molecule has 0 radical (unpaired) electrons. The lowest BCUT2D eigenvalue weighted by Crippen LogP contribution is -2.43. The number of amides is 1. The standard InChI is InChI=1S/C18H23Cl2NO3S/c1-12-4-2-3-5-16(12)21-17(22)9-24-18(23)11-25-10-13-6-7-14(19)15(20)8-13/h6-8,12,16H,2-5,9-11H2,1H3,(H,21,22)/t12-,16-/m1/s1. The quantitative estimate of drug-likeness (QED) is 0.682. The van der Waals surface area contributed by atoms with Crippen molar-refractivity contribution in [3.63, 3.8) is 0 Å². The van der Waals surface area contributed by atoms with Crippen molar-refractivity contribution in [1.82, 2.24) is 5.32 Å². The van der Waals surface area contributed by atoms with Gasteiger partial charge in [-0.2, -0.15) is 0 Å². The maximum Gasteiger partial charge on any atom is 0.316 e. The minimum atomic E-state index is -0.392. The number of esters is 1. The third-order valence-electron chi connectivity index (χ3n) is 4.29. The van der Waals surface area contributed by atoms with Crippen LogP contribution in [-0.4, -0.2) is 30.3 Å². The van der Waals surface area contributed by atoms with Gasteiger partial charge >= 0.3 is 5.97 Å². The highest BCUT2D eigenvalue weighted by molar-refractivity contribution is 7.99. The smallest absolute Gasteiger partial charge is 0.316 e. The summed E-state index contributed by atoms with van der Waals surface area (Å²) in [7, 11) is 0. The second-order valence-electron chi connectivity index (χ2n) is 6.34. The Morgan fingerprint density at radius 1 is 1.24 bits per heavy atom. The molecule has 1 saturated carbocycles. The Morgan fingerprint density at radius 3 is 2.72 bits per heavy atom. The Kier molecular flexibility index (Phi) is 8.40. The van der Waals surface area contributed by atoms with Crippen LogP contribution in [0.15, 0.2) is 18.2 Å². The lowest BCUT2D eigenvalue weighted by Gasteiger charge is -2.29. The lowest BCUT2D eigenvalue weighted by molar-refractivity contribution is -0.146. The van der Waals surface area contributed by atoms with Gasteiger partial charge < -0.3 is 10.1 Å². The Morgan fingerprint density at radius 2 is 2.00 bits per heavy atom. The first-order chi connectivity index (χ1) is 12.0. The molecule has 0 saturated heterocycles. The fourth-order valence-corrected chi connectivity index (χ4v) is 3.94. The third-order valence-corrected chi connectivity index (χ3v) is 6.01. The first kappa shape index (κ1) is 20.4. The zero-order chi connectivity index (χ0) is 18.2. The lowest BCUT2D eigenvalue weighted by atomic mass is 9.86. The van der Waals surface area contributed by atoms with Gasteiger partial charge in [0.05, 0.1) is 15.8 Å². The van der Waals surface area contributed by atoms with Crippen LogP contribution in [0.25, 0.3) is 0 Å². The number of carbonyl (C=O) groups excluding carboxylic acids is 2. The van der Waals surface area contributed by atoms with Crippen molar-refractivity contribution in [2.45, 2.75) is 44.4 Å². The van der Waals surface area contributed by atoms with Crippen molar-refractivity contribution in [2.24, 2.45) is 5.92 Å². The summed E-state index contributed by atoms with van der Waals surface area (Å²) < 4.78 is 5.04. The molecule has 7 heteroatoms. The molecule has 2 atom stereocenters. The highest BCUT2D eigenvalue weighted by Crippen LogP contribution is 2.25. The van der Waals surface area contributed by atoms with Crippen LogP contribution in [0.5, 0.6) is 0 Å². The van der Waals surface area contributed by atoms with E-state index in [4.69, 9.17) is 27.9 Å². The Bertz CT molecular complexity index is 612. The number of nitrogens with one attached hydrogen (secondary N) is 1. The molecule has 2 rings (SSSR count). The highest BCUT2D eigenvalue weighted by Gasteiger charge is 2.23. The number of halogens is 2. The maximum absolute atomic E-state index is 11.9. The molecule has 1 aliphatic carbocycles. The molecule has 1 N–H and O–H groups in total. The predicted octanol–water partition coefficient (Wildman–Crippen LogP) is 4.46. The largest absolute Gasteiger partial charge is 0.455 e. The summed E-state index contributed by atoms with van der Waals surface area (Å²) in [6, 6.07) is 5.57. The SMILES string of the molecule is C[C@@H]1CCCC[C@H]1NC(=O)COC(=O)CSCc1ccc(Cl)c(Cl)c1. The van der Waals surface area contributed by atoms with Gasteiger partial charge in [-0.15, -0.1) is 11.8 Å². The van der Waals surface area contributed by atoms with E-state index in [-0.39, 0.29) is 24.3 Å². The van der Waals surface area contributed by atoms with Crippen molar-refractivity contribution in [3.05, 3.63) is 33.8 Å². The molecule has 1 aromatic carbocycles. The summed E-state index contributed by atoms with van der Waals surface area (Å²) in [5.41, 5.74) is 0.983. The number of hydrogen-bond donors (Lipinski definition) is 1. The highest BCUT2D eigenvalue weighted by atomic mass is 35.5. The summed E-state index contributed by atoms with van der Waals surface area (Å²) in [5, 5.41) is 3.97. The first-order valence-corrected chi connectivity index (χ1v) is 10.3. The van der Waals surface area contributed by atoms with E-state index in [2.05, 4.69) is 12.2 Å². The molecule has 0 heterocycles. The molecule has 0 bridgehead atoms. The van der Waals surface area contributed by atoms with Crippen LogP contribution in [-0.2, 0) is 20.1 Å². The van der Waals surface area contributed by atoms with Gasteiger partial charge in [0.1, 0.15) is 0 Å². The molecule has 0 spiro atoms. The van der Waals surface area contributed by atoms with Gasteiger partial charge in [-0.1, -0.05) is 49.0 Å². The van der Waals surface area contributed by atoms with E-state index in [0.717, 1.165) is 24.8 Å². The van der Waals surface area contributed by atoms with Crippen LogP contribution >= 0.6 is 35.0 Å². The van der Waals surface area contributed by atoms with E-state index in [9.17, 15) is 9.59 Å². The summed E-state index contributed by atoms with van der Waals surface area (Å²) in [6.07, 6.45) is 4.50. The Hall–Kier alpha value is -0.910. The average Bonchev–Trinajstić information content (AvgIpc) is 2.58. The summed E-state index contributed by atoms with van der Waals surface area (Å²) in [4.78, 5) is 23.6. The molecule has 1 amide bonds. The molecule has 138 valence electrons. The summed E-state index contributed by atoms with van der Waals surface area (Å²) in [5.74, 6) is 0.680. The van der Waals surface area contributed by atoms with Crippen LogP contribution in [0.4, 0.5) is 0 Å². The van der Waals surface area contributed by atoms with Gasteiger partial charge in [0, 0.05) is 11.8 Å². The fourth-order valence-electron chi connectivity index (χ4n) is 2.85. The van der Waals surface area contributed by atoms with Gasteiger partial charge in [-0.05, 0) is 36.5 Å². The van der Waals surface area contributed by atoms with Crippen molar-refractivity contribution in [1.29, 1.82) is 0 Å². The number of benzene rings is 1. The predicted molar refractivity (Wildman–Crippen MR) is 103 cm³/mol. The van der Waals surface area contributed by atoms with Crippen molar-refractivity contribution < 1.29 is 14.3 Å². The first-order valence-electron chi connectivity index (χ1n) is 8.42. The molecule has 25 heavy (non-hydrogen) atoms. The molecule has 1 aromatic rings. The van der Waals surface area contributed by atoms with E-state index >= 15 is 0 Å². The van der Waals surface area contributed by atoms with Gasteiger partial charge in [0.15, 0.2) is 6.61 Å². The minimum absolute atomic E-state index is 0.188. The van der Waals surface area contributed by atoms with Gasteiger partial charge in [0.25, 0.3) is 5.91 Å². The Balaban J connectivity index is 1.63. The summed E-state index contributed by atoms with van der Waals surface area (Å²) >= 11 is 13.2. The molecule has 0 aliphatic heterocycles. The van der Waals surface area contributed by atoms with Crippen molar-refractivity contribution in [3.8, 4) is 0 Å². The third kappa shape index (κ3) is 7.08. The van der Waals surface area contributed by atoms with E-state index in [1.54, 1.807) is 12.1 Å². The molecular weight excluding hydrogens is 381 g/mol. The van der Waals surface area contributed by atoms with E-state index in [1.807, 2.05) is 6.07 Å². The molecule has 4 nitrogen and oxygen atoms in total. The van der Waals surface area contributed by atoms with Crippen LogP contribution in [0.3, 0.4) is 0 Å². The number of ether oxygens (including phenoxy) is 1. The van der Waals surface area contributed by atoms with Crippen LogP contribution in [0.1, 0.15) is 38.2 Å². The molecule has 0 unspecified atom stereocenters. The monoisotopic (exact) mass is 403 g/mol. The van der Waals surface area contributed by atoms with Crippen LogP contribution in [0.2, 0.25) is 10.0 Å². The second-order valence-corrected chi connectivity index (χ2v) is 8.14. The molecule has 1 fully saturated rings. The van der Waals surface area contributed by atoms with E-state index < -0.39 is 5.97 Å². The fraction of sp³-hybridized carbons (Fsp3) is 0.556. The zero-order valence-electron chi connectivity index (χ0n) is 14.2. The zero-order valence-corrected chi connectivity index (χ0v) is 16.6. The van der Waals surface area contributed by atoms with E-state index in [0.29, 0.717) is 21.7 Å². The van der Waals surface area contributed by atoms with Crippen molar-refractivity contribution in [2.75, 3.05) is 12.4 Å². The molecule has 0 aromatic heterocycles. The average molecular weight is 404 g/mol. The topological polar surface area (TPSA) is 55.4 Å². The normalized spacial score (nSPS) is 20.1. The number of hydrogen-bond acceptors (Lipinski definition) is 4. The van der Waals surface area contributed by atoms with Gasteiger partial charge in [-0.25, -0.2) is 0 Å². The number of rotatable bonds is 7. The number of carbonyl (C=O) groups is 2. The maximum atomic E-state index is 11.9. The van der Waals surface area contributed by atoms with Crippen LogP contribution < -0.4 is 5.32 Å². The number of thioether (sulfide) groups is 1. The summed E-state index contributed by atoms with van der Waals surface area (Å²) in [6.45, 7) is 1.94. The van der Waals surface area contributed by atoms with Crippen molar-refractivity contribution >= 4 is 46.8 Å².